The van der Waals surface area contributed by atoms with Crippen molar-refractivity contribution in [1.29, 1.82) is 0 Å². The fourth-order valence-electron chi connectivity index (χ4n) is 2.70. The number of carbonyl (C=O) groups excluding carboxylic acids is 1. The largest absolute Gasteiger partial charge is 0.359 e. The Bertz CT molecular complexity index is 488. The van der Waals surface area contributed by atoms with Crippen LogP contribution in [0.3, 0.4) is 0 Å². The van der Waals surface area contributed by atoms with Crippen LogP contribution in [0.15, 0.2) is 12.3 Å². The highest BCUT2D eigenvalue weighted by Crippen LogP contribution is 2.33. The number of nitrogens with zero attached hydrogens (tertiary/aromatic N) is 2. The Morgan fingerprint density at radius 1 is 1.63 bits per heavy atom. The molecule has 0 bridgehead atoms. The van der Waals surface area contributed by atoms with Crippen molar-refractivity contribution in [2.24, 2.45) is 11.1 Å². The lowest BCUT2D eigenvalue weighted by Gasteiger charge is -2.24. The first-order chi connectivity index (χ1) is 9.00. The number of pyridine rings is 1. The Balaban J connectivity index is 2.19. The van der Waals surface area contributed by atoms with E-state index >= 15 is 0 Å². The quantitative estimate of drug-likeness (QED) is 0.845. The Kier molecular flexibility index (Phi) is 3.75. The summed E-state index contributed by atoms with van der Waals surface area (Å²) in [5, 5.41) is 2.75. The van der Waals surface area contributed by atoms with E-state index < -0.39 is 0 Å². The summed E-state index contributed by atoms with van der Waals surface area (Å²) >= 11 is 0. The predicted molar refractivity (Wildman–Crippen MR) is 75.9 cm³/mol. The summed E-state index contributed by atoms with van der Waals surface area (Å²) in [6.45, 7) is 6.12. The maximum Gasteiger partial charge on any atom is 0.227 e. The lowest BCUT2D eigenvalue weighted by molar-refractivity contribution is -0.128. The maximum absolute atomic E-state index is 11.9. The molecule has 2 rings (SSSR count). The van der Waals surface area contributed by atoms with Gasteiger partial charge in [-0.2, -0.15) is 0 Å². The zero-order valence-corrected chi connectivity index (χ0v) is 11.9. The molecule has 1 aromatic rings. The highest BCUT2D eigenvalue weighted by atomic mass is 16.2. The van der Waals surface area contributed by atoms with Crippen molar-refractivity contribution in [1.82, 2.24) is 10.3 Å². The monoisotopic (exact) mass is 262 g/mol. The summed E-state index contributed by atoms with van der Waals surface area (Å²) in [7, 11) is 1.69. The third-order valence-corrected chi connectivity index (χ3v) is 3.89. The van der Waals surface area contributed by atoms with Crippen LogP contribution in [-0.4, -0.2) is 31.0 Å². The maximum atomic E-state index is 11.9. The molecular weight excluding hydrogens is 240 g/mol. The summed E-state index contributed by atoms with van der Waals surface area (Å²) in [4.78, 5) is 18.6. The highest BCUT2D eigenvalue weighted by molar-refractivity contribution is 5.83. The summed E-state index contributed by atoms with van der Waals surface area (Å²) in [6, 6.07) is 2.07. The summed E-state index contributed by atoms with van der Waals surface area (Å²) in [5.41, 5.74) is 7.44. The number of carbonyl (C=O) groups is 1. The van der Waals surface area contributed by atoms with Gasteiger partial charge in [0.25, 0.3) is 0 Å². The predicted octanol–water partition coefficient (Wildman–Crippen LogP) is 0.811. The van der Waals surface area contributed by atoms with Gasteiger partial charge in [-0.1, -0.05) is 0 Å². The average molecular weight is 262 g/mol. The van der Waals surface area contributed by atoms with Gasteiger partial charge in [-0.05, 0) is 37.5 Å². The lowest BCUT2D eigenvalue weighted by Crippen LogP contribution is -2.39. The standard InChI is InChI=1S/C14H22N4O/c1-10-6-11(7-15)8-17-12(10)18-5-4-14(2,9-18)13(19)16-3/h6,8H,4-5,7,9,15H2,1-3H3,(H,16,19). The number of anilines is 1. The van der Waals surface area contributed by atoms with Crippen LogP contribution in [0.1, 0.15) is 24.5 Å². The van der Waals surface area contributed by atoms with Crippen LogP contribution in [-0.2, 0) is 11.3 Å². The molecule has 104 valence electrons. The molecule has 1 atom stereocenters. The van der Waals surface area contributed by atoms with Gasteiger partial charge in [0.2, 0.25) is 5.91 Å². The third kappa shape index (κ3) is 2.56. The van der Waals surface area contributed by atoms with E-state index in [1.54, 1.807) is 7.05 Å². The van der Waals surface area contributed by atoms with Gasteiger partial charge in [0.05, 0.1) is 5.41 Å². The van der Waals surface area contributed by atoms with Crippen LogP contribution in [0.2, 0.25) is 0 Å². The average Bonchev–Trinajstić information content (AvgIpc) is 2.81. The molecule has 1 aliphatic rings. The summed E-state index contributed by atoms with van der Waals surface area (Å²) < 4.78 is 0. The van der Waals surface area contributed by atoms with E-state index in [9.17, 15) is 4.79 Å². The van der Waals surface area contributed by atoms with Gasteiger partial charge in [-0.15, -0.1) is 0 Å². The smallest absolute Gasteiger partial charge is 0.227 e. The minimum atomic E-state index is -0.324. The minimum Gasteiger partial charge on any atom is -0.359 e. The molecule has 0 saturated carbocycles. The molecule has 0 aliphatic carbocycles. The second-order valence-electron chi connectivity index (χ2n) is 5.50. The molecule has 1 aliphatic heterocycles. The van der Waals surface area contributed by atoms with Crippen LogP contribution in [0.5, 0.6) is 0 Å². The van der Waals surface area contributed by atoms with Gasteiger partial charge in [-0.25, -0.2) is 4.98 Å². The van der Waals surface area contributed by atoms with Gasteiger partial charge < -0.3 is 16.0 Å². The van der Waals surface area contributed by atoms with Crippen molar-refractivity contribution < 1.29 is 4.79 Å². The van der Waals surface area contributed by atoms with Gasteiger partial charge >= 0.3 is 0 Å². The van der Waals surface area contributed by atoms with E-state index in [0.717, 1.165) is 29.9 Å². The molecule has 1 aromatic heterocycles. The molecule has 0 aromatic carbocycles. The third-order valence-electron chi connectivity index (χ3n) is 3.89. The summed E-state index contributed by atoms with van der Waals surface area (Å²) in [5.74, 6) is 1.07. The molecule has 3 N–H and O–H groups in total. The fourth-order valence-corrected chi connectivity index (χ4v) is 2.70. The van der Waals surface area contributed by atoms with Crippen molar-refractivity contribution >= 4 is 11.7 Å². The first kappa shape index (κ1) is 13.8. The highest BCUT2D eigenvalue weighted by Gasteiger charge is 2.40. The van der Waals surface area contributed by atoms with Crippen LogP contribution in [0.4, 0.5) is 5.82 Å². The SMILES string of the molecule is CNC(=O)C1(C)CCN(c2ncc(CN)cc2C)C1. The first-order valence-electron chi connectivity index (χ1n) is 6.63. The molecule has 19 heavy (non-hydrogen) atoms. The fraction of sp³-hybridized carbons (Fsp3) is 0.571. The van der Waals surface area contributed by atoms with Crippen LogP contribution < -0.4 is 16.0 Å². The molecule has 0 spiro atoms. The zero-order valence-electron chi connectivity index (χ0n) is 11.9. The second kappa shape index (κ2) is 5.17. The first-order valence-corrected chi connectivity index (χ1v) is 6.63. The Labute approximate surface area is 114 Å². The van der Waals surface area contributed by atoms with Crippen LogP contribution in [0.25, 0.3) is 0 Å². The molecule has 0 radical (unpaired) electrons. The van der Waals surface area contributed by atoms with E-state index in [1.165, 1.54) is 0 Å². The van der Waals surface area contributed by atoms with E-state index in [4.69, 9.17) is 5.73 Å². The number of nitrogens with two attached hydrogens (primary N) is 1. The summed E-state index contributed by atoms with van der Waals surface area (Å²) in [6.07, 6.45) is 2.67. The molecule has 1 unspecified atom stereocenters. The zero-order chi connectivity index (χ0) is 14.0. The molecule has 2 heterocycles. The van der Waals surface area contributed by atoms with E-state index in [-0.39, 0.29) is 11.3 Å². The Morgan fingerprint density at radius 2 is 2.37 bits per heavy atom. The molecule has 5 nitrogen and oxygen atoms in total. The van der Waals surface area contributed by atoms with Crippen molar-refractivity contribution in [2.75, 3.05) is 25.0 Å². The van der Waals surface area contributed by atoms with Crippen molar-refractivity contribution in [2.45, 2.75) is 26.8 Å². The molecule has 1 fully saturated rings. The number of hydrogen-bond donors (Lipinski definition) is 2. The molecular formula is C14H22N4O. The van der Waals surface area contributed by atoms with Crippen molar-refractivity contribution in [3.8, 4) is 0 Å². The van der Waals surface area contributed by atoms with Gasteiger partial charge in [0, 0.05) is 32.9 Å². The number of amides is 1. The van der Waals surface area contributed by atoms with Crippen LogP contribution >= 0.6 is 0 Å². The number of hydrogen-bond acceptors (Lipinski definition) is 4. The van der Waals surface area contributed by atoms with Gasteiger partial charge in [0.1, 0.15) is 5.82 Å². The molecule has 1 amide bonds. The van der Waals surface area contributed by atoms with E-state index in [0.29, 0.717) is 13.1 Å². The van der Waals surface area contributed by atoms with Crippen molar-refractivity contribution in [3.05, 3.63) is 23.4 Å². The number of nitrogens with one attached hydrogen (secondary N) is 1. The second-order valence-corrected chi connectivity index (χ2v) is 5.50. The van der Waals surface area contributed by atoms with Gasteiger partial charge in [0.15, 0.2) is 0 Å². The van der Waals surface area contributed by atoms with E-state index in [1.807, 2.05) is 20.0 Å². The van der Waals surface area contributed by atoms with E-state index in [2.05, 4.69) is 21.3 Å². The Hall–Kier alpha value is -1.62. The number of aromatic nitrogens is 1. The molecule has 5 heteroatoms. The normalized spacial score (nSPS) is 22.6. The lowest BCUT2D eigenvalue weighted by atomic mass is 9.89. The minimum absolute atomic E-state index is 0.103. The number of rotatable bonds is 3. The molecule has 1 saturated heterocycles. The number of aryl methyl sites for hydroxylation is 1. The topological polar surface area (TPSA) is 71.2 Å². The van der Waals surface area contributed by atoms with Gasteiger partial charge in [-0.3, -0.25) is 4.79 Å². The van der Waals surface area contributed by atoms with Crippen molar-refractivity contribution in [3.63, 3.8) is 0 Å². The van der Waals surface area contributed by atoms with Crippen LogP contribution in [0, 0.1) is 12.3 Å². The Morgan fingerprint density at radius 3 is 2.95 bits per heavy atom.